The maximum absolute atomic E-state index is 5.06. The molecule has 0 aliphatic rings. The van der Waals surface area contributed by atoms with Crippen LogP contribution in [0.3, 0.4) is 0 Å². The Morgan fingerprint density at radius 3 is 2.31 bits per heavy atom. The Balaban J connectivity index is 2.78. The summed E-state index contributed by atoms with van der Waals surface area (Å²) in [6.07, 6.45) is 2.06. The first kappa shape index (κ1) is 12.9. The summed E-state index contributed by atoms with van der Waals surface area (Å²) >= 11 is 1.77. The van der Waals surface area contributed by atoms with E-state index < -0.39 is 0 Å². The van der Waals surface area contributed by atoms with Crippen LogP contribution in [0, 0.1) is 0 Å². The average molecular weight is 243 g/mol. The molecule has 0 spiro atoms. The highest BCUT2D eigenvalue weighted by Crippen LogP contribution is 2.17. The number of methoxy groups -OCH3 is 2. The van der Waals surface area contributed by atoms with Crippen molar-refractivity contribution >= 4 is 17.7 Å². The van der Waals surface area contributed by atoms with Crippen LogP contribution in [-0.4, -0.2) is 42.2 Å². The fraction of sp³-hybridized carbons (Fsp3) is 0.600. The molecule has 1 aromatic heterocycles. The van der Waals surface area contributed by atoms with Crippen molar-refractivity contribution in [3.63, 3.8) is 0 Å². The molecule has 0 bridgehead atoms. The summed E-state index contributed by atoms with van der Waals surface area (Å²) in [6.45, 7) is 2.08. The van der Waals surface area contributed by atoms with Crippen LogP contribution in [0.5, 0.6) is 11.8 Å². The third kappa shape index (κ3) is 3.77. The molecule has 1 unspecified atom stereocenters. The molecule has 0 saturated heterocycles. The van der Waals surface area contributed by atoms with E-state index in [1.54, 1.807) is 32.0 Å². The molecule has 0 aliphatic heterocycles. The Labute approximate surface area is 100.0 Å². The lowest BCUT2D eigenvalue weighted by atomic mass is 10.4. The molecule has 5 nitrogen and oxygen atoms in total. The second-order valence-corrected chi connectivity index (χ2v) is 4.19. The summed E-state index contributed by atoms with van der Waals surface area (Å²) in [5.41, 5.74) is 0. The van der Waals surface area contributed by atoms with E-state index in [9.17, 15) is 0 Å². The quantitative estimate of drug-likeness (QED) is 0.820. The van der Waals surface area contributed by atoms with Gasteiger partial charge in [-0.3, -0.25) is 0 Å². The van der Waals surface area contributed by atoms with Gasteiger partial charge in [-0.15, -0.1) is 0 Å². The van der Waals surface area contributed by atoms with Crippen molar-refractivity contribution in [2.24, 2.45) is 0 Å². The van der Waals surface area contributed by atoms with E-state index in [2.05, 4.69) is 28.5 Å². The minimum Gasteiger partial charge on any atom is -0.481 e. The summed E-state index contributed by atoms with van der Waals surface area (Å²) in [6, 6.07) is 1.94. The Morgan fingerprint density at radius 2 is 1.88 bits per heavy atom. The monoisotopic (exact) mass is 243 g/mol. The van der Waals surface area contributed by atoms with Gasteiger partial charge in [0.2, 0.25) is 17.7 Å². The topological polar surface area (TPSA) is 56.3 Å². The SMILES string of the molecule is COc1cc(OC)nc(NC(C)CSC)n1. The lowest BCUT2D eigenvalue weighted by Gasteiger charge is -2.13. The van der Waals surface area contributed by atoms with E-state index in [1.807, 2.05) is 0 Å². The molecular weight excluding hydrogens is 226 g/mol. The molecule has 16 heavy (non-hydrogen) atoms. The second-order valence-electron chi connectivity index (χ2n) is 3.28. The smallest absolute Gasteiger partial charge is 0.229 e. The predicted molar refractivity (Wildman–Crippen MR) is 66.6 cm³/mol. The molecule has 0 radical (unpaired) electrons. The van der Waals surface area contributed by atoms with Crippen molar-refractivity contribution in [3.8, 4) is 11.8 Å². The third-order valence-corrected chi connectivity index (χ3v) is 2.72. The van der Waals surface area contributed by atoms with Crippen LogP contribution in [0.15, 0.2) is 6.07 Å². The van der Waals surface area contributed by atoms with Crippen molar-refractivity contribution in [3.05, 3.63) is 6.07 Å². The number of aromatic nitrogens is 2. The maximum Gasteiger partial charge on any atom is 0.229 e. The first-order valence-electron chi connectivity index (χ1n) is 4.92. The van der Waals surface area contributed by atoms with Crippen molar-refractivity contribution < 1.29 is 9.47 Å². The number of nitrogens with one attached hydrogen (secondary N) is 1. The highest BCUT2D eigenvalue weighted by Gasteiger charge is 2.07. The van der Waals surface area contributed by atoms with E-state index in [1.165, 1.54) is 0 Å². The standard InChI is InChI=1S/C10H17N3O2S/c1-7(6-16-4)11-10-12-8(14-2)5-9(13-10)15-3/h5,7H,6H2,1-4H3,(H,11,12,13). The molecule has 0 fully saturated rings. The first-order chi connectivity index (χ1) is 7.69. The zero-order valence-electron chi connectivity index (χ0n) is 9.98. The van der Waals surface area contributed by atoms with Gasteiger partial charge >= 0.3 is 0 Å². The van der Waals surface area contributed by atoms with Crippen LogP contribution in [0.2, 0.25) is 0 Å². The van der Waals surface area contributed by atoms with Crippen molar-refractivity contribution in [2.75, 3.05) is 31.5 Å². The lowest BCUT2D eigenvalue weighted by molar-refractivity contribution is 0.372. The van der Waals surface area contributed by atoms with Crippen LogP contribution in [-0.2, 0) is 0 Å². The van der Waals surface area contributed by atoms with E-state index in [4.69, 9.17) is 9.47 Å². The van der Waals surface area contributed by atoms with Gasteiger partial charge in [0.05, 0.1) is 20.3 Å². The maximum atomic E-state index is 5.06. The number of hydrogen-bond donors (Lipinski definition) is 1. The Kier molecular flexibility index (Phi) is 5.18. The van der Waals surface area contributed by atoms with Gasteiger partial charge in [-0.2, -0.15) is 21.7 Å². The number of anilines is 1. The number of rotatable bonds is 6. The fourth-order valence-corrected chi connectivity index (χ4v) is 1.77. The van der Waals surface area contributed by atoms with Gasteiger partial charge in [-0.1, -0.05) is 0 Å². The van der Waals surface area contributed by atoms with E-state index in [-0.39, 0.29) is 0 Å². The molecule has 6 heteroatoms. The van der Waals surface area contributed by atoms with Gasteiger partial charge < -0.3 is 14.8 Å². The van der Waals surface area contributed by atoms with Crippen molar-refractivity contribution in [2.45, 2.75) is 13.0 Å². The second kappa shape index (κ2) is 6.42. The van der Waals surface area contributed by atoms with Crippen LogP contribution >= 0.6 is 11.8 Å². The molecule has 1 atom stereocenters. The third-order valence-electron chi connectivity index (χ3n) is 1.89. The first-order valence-corrected chi connectivity index (χ1v) is 6.31. The highest BCUT2D eigenvalue weighted by molar-refractivity contribution is 7.98. The molecule has 0 aromatic carbocycles. The Hall–Kier alpha value is -1.17. The summed E-state index contributed by atoms with van der Waals surface area (Å²) < 4.78 is 10.1. The minimum absolute atomic E-state index is 0.298. The Morgan fingerprint density at radius 1 is 1.31 bits per heavy atom. The Bertz CT molecular complexity index is 314. The van der Waals surface area contributed by atoms with Gasteiger partial charge in [0.15, 0.2) is 0 Å². The minimum atomic E-state index is 0.298. The normalized spacial score (nSPS) is 12.0. The molecule has 1 N–H and O–H groups in total. The van der Waals surface area contributed by atoms with Gasteiger partial charge in [0, 0.05) is 11.8 Å². The molecule has 1 rings (SSSR count). The summed E-state index contributed by atoms with van der Waals surface area (Å²) in [5, 5.41) is 3.19. The largest absolute Gasteiger partial charge is 0.481 e. The highest BCUT2D eigenvalue weighted by atomic mass is 32.2. The van der Waals surface area contributed by atoms with Crippen LogP contribution in [0.25, 0.3) is 0 Å². The van der Waals surface area contributed by atoms with Gasteiger partial charge in [0.1, 0.15) is 0 Å². The van der Waals surface area contributed by atoms with E-state index in [0.717, 1.165) is 5.75 Å². The van der Waals surface area contributed by atoms with Crippen LogP contribution in [0.4, 0.5) is 5.95 Å². The molecule has 0 aliphatic carbocycles. The molecular formula is C10H17N3O2S. The van der Waals surface area contributed by atoms with Gasteiger partial charge in [-0.25, -0.2) is 0 Å². The molecule has 90 valence electrons. The number of ether oxygens (including phenoxy) is 2. The van der Waals surface area contributed by atoms with Crippen molar-refractivity contribution in [1.29, 1.82) is 0 Å². The number of nitrogens with zero attached hydrogens (tertiary/aromatic N) is 2. The van der Waals surface area contributed by atoms with Gasteiger partial charge in [0.25, 0.3) is 0 Å². The summed E-state index contributed by atoms with van der Waals surface area (Å²) in [4.78, 5) is 8.38. The van der Waals surface area contributed by atoms with E-state index >= 15 is 0 Å². The van der Waals surface area contributed by atoms with Gasteiger partial charge in [-0.05, 0) is 13.2 Å². The number of hydrogen-bond acceptors (Lipinski definition) is 6. The average Bonchev–Trinajstić information content (AvgIpc) is 2.28. The zero-order chi connectivity index (χ0) is 12.0. The summed E-state index contributed by atoms with van der Waals surface area (Å²) in [5.74, 6) is 2.50. The molecule has 0 amide bonds. The van der Waals surface area contributed by atoms with E-state index in [0.29, 0.717) is 23.8 Å². The molecule has 1 aromatic rings. The predicted octanol–water partition coefficient (Wildman–Crippen LogP) is 1.66. The van der Waals surface area contributed by atoms with Crippen LogP contribution in [0.1, 0.15) is 6.92 Å². The lowest BCUT2D eigenvalue weighted by Crippen LogP contribution is -2.19. The van der Waals surface area contributed by atoms with Crippen LogP contribution < -0.4 is 14.8 Å². The molecule has 1 heterocycles. The fourth-order valence-electron chi connectivity index (χ4n) is 1.19. The zero-order valence-corrected chi connectivity index (χ0v) is 10.8. The molecule has 0 saturated carbocycles. The summed E-state index contributed by atoms with van der Waals surface area (Å²) in [7, 11) is 3.13. The van der Waals surface area contributed by atoms with Crippen molar-refractivity contribution in [1.82, 2.24) is 9.97 Å². The number of thioether (sulfide) groups is 1.